The Bertz CT molecular complexity index is 695. The quantitative estimate of drug-likeness (QED) is 0.797. The number of carbonyl (C=O) groups is 1. The lowest BCUT2D eigenvalue weighted by Gasteiger charge is -2.23. The van der Waals surface area contributed by atoms with Gasteiger partial charge in [0, 0.05) is 24.7 Å². The Morgan fingerprint density at radius 1 is 1.12 bits per heavy atom. The summed E-state index contributed by atoms with van der Waals surface area (Å²) in [4.78, 5) is 12.1. The summed E-state index contributed by atoms with van der Waals surface area (Å²) in [7, 11) is 0. The molecule has 6 nitrogen and oxygen atoms in total. The topological polar surface area (TPSA) is 68.8 Å². The third kappa shape index (κ3) is 5.47. The Balaban J connectivity index is 1.50. The fourth-order valence-electron chi connectivity index (χ4n) is 2.70. The Morgan fingerprint density at radius 2 is 1.77 bits per heavy atom. The van der Waals surface area contributed by atoms with Crippen molar-refractivity contribution in [3.8, 4) is 17.2 Å². The predicted octanol–water partition coefficient (Wildman–Crippen LogP) is 3.19. The van der Waals surface area contributed by atoms with Crippen LogP contribution >= 0.6 is 0 Å². The number of hydrogen-bond acceptors (Lipinski definition) is 5. The summed E-state index contributed by atoms with van der Waals surface area (Å²) in [5.41, 5.74) is 0.741. The molecule has 6 heteroatoms. The third-order valence-electron chi connectivity index (χ3n) is 3.94. The number of anilines is 1. The molecule has 0 spiro atoms. The number of nitrogens with one attached hydrogen (secondary N) is 2. The van der Waals surface area contributed by atoms with Gasteiger partial charge in [-0.15, -0.1) is 0 Å². The molecule has 0 aromatic heterocycles. The summed E-state index contributed by atoms with van der Waals surface area (Å²) in [5.74, 6) is 2.21. The van der Waals surface area contributed by atoms with Gasteiger partial charge in [0.05, 0.1) is 19.8 Å². The van der Waals surface area contributed by atoms with E-state index in [9.17, 15) is 4.79 Å². The summed E-state index contributed by atoms with van der Waals surface area (Å²) in [6.45, 7) is 4.65. The van der Waals surface area contributed by atoms with Gasteiger partial charge in [0.2, 0.25) is 5.91 Å². The van der Waals surface area contributed by atoms with Crippen LogP contribution in [0.3, 0.4) is 0 Å². The molecule has 1 unspecified atom stereocenters. The van der Waals surface area contributed by atoms with Crippen LogP contribution in [-0.4, -0.2) is 38.3 Å². The third-order valence-corrected chi connectivity index (χ3v) is 3.94. The minimum Gasteiger partial charge on any atom is -0.494 e. The molecule has 1 amide bonds. The van der Waals surface area contributed by atoms with Crippen LogP contribution in [0.4, 0.5) is 5.69 Å². The highest BCUT2D eigenvalue weighted by Gasteiger charge is 2.16. The van der Waals surface area contributed by atoms with E-state index < -0.39 is 0 Å². The van der Waals surface area contributed by atoms with Crippen LogP contribution in [0.15, 0.2) is 48.5 Å². The Labute approximate surface area is 153 Å². The zero-order valence-corrected chi connectivity index (χ0v) is 14.9. The van der Waals surface area contributed by atoms with Crippen molar-refractivity contribution in [3.05, 3.63) is 48.5 Å². The molecule has 2 aromatic rings. The van der Waals surface area contributed by atoms with E-state index in [0.29, 0.717) is 32.0 Å². The first-order valence-electron chi connectivity index (χ1n) is 8.84. The molecule has 1 fully saturated rings. The first-order valence-corrected chi connectivity index (χ1v) is 8.84. The molecule has 2 aromatic carbocycles. The molecule has 1 saturated heterocycles. The van der Waals surface area contributed by atoms with Crippen LogP contribution in [0.25, 0.3) is 0 Å². The van der Waals surface area contributed by atoms with Crippen LogP contribution in [0, 0.1) is 0 Å². The number of morpholine rings is 1. The number of amides is 1. The molecule has 1 atom stereocenters. The average molecular weight is 356 g/mol. The van der Waals surface area contributed by atoms with Gasteiger partial charge in [-0.3, -0.25) is 4.79 Å². The van der Waals surface area contributed by atoms with Gasteiger partial charge in [0.1, 0.15) is 17.2 Å². The normalized spacial score (nSPS) is 16.7. The van der Waals surface area contributed by atoms with Crippen molar-refractivity contribution in [2.75, 3.05) is 31.7 Å². The Hall–Kier alpha value is -2.57. The van der Waals surface area contributed by atoms with Gasteiger partial charge in [0.15, 0.2) is 0 Å². The maximum Gasteiger partial charge on any atom is 0.226 e. The SMILES string of the molecule is CCOc1ccc(Oc2ccc(NC(=O)CC3COCCN3)cc2)cc1. The van der Waals surface area contributed by atoms with Gasteiger partial charge in [-0.2, -0.15) is 0 Å². The second kappa shape index (κ2) is 9.22. The summed E-state index contributed by atoms with van der Waals surface area (Å²) in [6, 6.07) is 14.8. The number of rotatable bonds is 7. The highest BCUT2D eigenvalue weighted by Crippen LogP contribution is 2.25. The lowest BCUT2D eigenvalue weighted by molar-refractivity contribution is -0.117. The summed E-state index contributed by atoms with van der Waals surface area (Å²) < 4.78 is 16.6. The van der Waals surface area contributed by atoms with Gasteiger partial charge in [0.25, 0.3) is 0 Å². The predicted molar refractivity (Wildman–Crippen MR) is 100.0 cm³/mol. The highest BCUT2D eigenvalue weighted by atomic mass is 16.5. The number of benzene rings is 2. The molecule has 26 heavy (non-hydrogen) atoms. The first-order chi connectivity index (χ1) is 12.7. The smallest absolute Gasteiger partial charge is 0.226 e. The molecule has 138 valence electrons. The highest BCUT2D eigenvalue weighted by molar-refractivity contribution is 5.91. The largest absolute Gasteiger partial charge is 0.494 e. The van der Waals surface area contributed by atoms with E-state index in [4.69, 9.17) is 14.2 Å². The van der Waals surface area contributed by atoms with Crippen molar-refractivity contribution < 1.29 is 19.0 Å². The van der Waals surface area contributed by atoms with Gasteiger partial charge in [-0.1, -0.05) is 0 Å². The van der Waals surface area contributed by atoms with Gasteiger partial charge in [-0.25, -0.2) is 0 Å². The summed E-state index contributed by atoms with van der Waals surface area (Å²) in [6.07, 6.45) is 0.393. The van der Waals surface area contributed by atoms with E-state index >= 15 is 0 Å². The van der Waals surface area contributed by atoms with Crippen LogP contribution in [0.1, 0.15) is 13.3 Å². The second-order valence-corrected chi connectivity index (χ2v) is 6.01. The minimum atomic E-state index is -0.0341. The zero-order valence-electron chi connectivity index (χ0n) is 14.9. The summed E-state index contributed by atoms with van der Waals surface area (Å²) >= 11 is 0. The molecule has 0 radical (unpaired) electrons. The standard InChI is InChI=1S/C20H24N2O4/c1-2-25-17-7-9-19(10-8-17)26-18-5-3-15(4-6-18)22-20(23)13-16-14-24-12-11-21-16/h3-10,16,21H,2,11-14H2,1H3,(H,22,23). The van der Waals surface area contributed by atoms with E-state index in [-0.39, 0.29) is 11.9 Å². The molecule has 0 aliphatic carbocycles. The lowest BCUT2D eigenvalue weighted by atomic mass is 10.2. The fraction of sp³-hybridized carbons (Fsp3) is 0.350. The molecular formula is C20H24N2O4. The molecule has 1 aliphatic heterocycles. The van der Waals surface area contributed by atoms with Crippen molar-refractivity contribution in [1.82, 2.24) is 5.32 Å². The maximum atomic E-state index is 12.1. The van der Waals surface area contributed by atoms with E-state index in [2.05, 4.69) is 10.6 Å². The molecule has 0 bridgehead atoms. The van der Waals surface area contributed by atoms with Crippen LogP contribution in [0.2, 0.25) is 0 Å². The maximum absolute atomic E-state index is 12.1. The van der Waals surface area contributed by atoms with E-state index in [1.807, 2.05) is 55.5 Å². The van der Waals surface area contributed by atoms with Gasteiger partial charge >= 0.3 is 0 Å². The molecular weight excluding hydrogens is 332 g/mol. The van der Waals surface area contributed by atoms with E-state index in [0.717, 1.165) is 23.7 Å². The Morgan fingerprint density at radius 3 is 2.38 bits per heavy atom. The van der Waals surface area contributed by atoms with Gasteiger partial charge < -0.3 is 24.8 Å². The minimum absolute atomic E-state index is 0.0341. The Kier molecular flexibility index (Phi) is 6.46. The zero-order chi connectivity index (χ0) is 18.2. The molecule has 3 rings (SSSR count). The van der Waals surface area contributed by atoms with Crippen LogP contribution < -0.4 is 20.1 Å². The average Bonchev–Trinajstić information content (AvgIpc) is 2.66. The number of ether oxygens (including phenoxy) is 3. The van der Waals surface area contributed by atoms with E-state index in [1.165, 1.54) is 0 Å². The lowest BCUT2D eigenvalue weighted by Crippen LogP contribution is -2.43. The summed E-state index contributed by atoms with van der Waals surface area (Å²) in [5, 5.41) is 6.16. The number of carbonyl (C=O) groups excluding carboxylic acids is 1. The second-order valence-electron chi connectivity index (χ2n) is 6.01. The van der Waals surface area contributed by atoms with Crippen LogP contribution in [0.5, 0.6) is 17.2 Å². The molecule has 0 saturated carbocycles. The van der Waals surface area contributed by atoms with Crippen molar-refractivity contribution >= 4 is 11.6 Å². The first kappa shape index (κ1) is 18.2. The monoisotopic (exact) mass is 356 g/mol. The molecule has 2 N–H and O–H groups in total. The van der Waals surface area contributed by atoms with Crippen LogP contribution in [-0.2, 0) is 9.53 Å². The molecule has 1 aliphatic rings. The van der Waals surface area contributed by atoms with Crippen molar-refractivity contribution in [2.45, 2.75) is 19.4 Å². The van der Waals surface area contributed by atoms with Crippen molar-refractivity contribution in [2.24, 2.45) is 0 Å². The number of hydrogen-bond donors (Lipinski definition) is 2. The van der Waals surface area contributed by atoms with Gasteiger partial charge in [-0.05, 0) is 55.5 Å². The van der Waals surface area contributed by atoms with Crippen molar-refractivity contribution in [3.63, 3.8) is 0 Å². The van der Waals surface area contributed by atoms with Crippen molar-refractivity contribution in [1.29, 1.82) is 0 Å². The van der Waals surface area contributed by atoms with E-state index in [1.54, 1.807) is 0 Å². The fourth-order valence-corrected chi connectivity index (χ4v) is 2.70. The molecule has 1 heterocycles.